The van der Waals surface area contributed by atoms with Crippen LogP contribution in [0.25, 0.3) is 74.4 Å². The van der Waals surface area contributed by atoms with Gasteiger partial charge in [-0.25, -0.2) is 0 Å². The average molecular weight is 1030 g/mol. The highest BCUT2D eigenvalue weighted by atomic mass is 32.1. The molecular formula is C74H67BN2S. The minimum atomic E-state index is -0.0997. The Kier molecular flexibility index (Phi) is 10.6. The quantitative estimate of drug-likeness (QED) is 0.129. The summed E-state index contributed by atoms with van der Waals surface area (Å²) in [7, 11) is 0. The normalized spacial score (nSPS) is 13.8. The molecule has 0 saturated carbocycles. The van der Waals surface area contributed by atoms with E-state index in [4.69, 9.17) is 0 Å². The monoisotopic (exact) mass is 1030 g/mol. The Morgan fingerprint density at radius 3 is 1.21 bits per heavy atom. The van der Waals surface area contributed by atoms with Gasteiger partial charge in [0.25, 0.3) is 6.71 Å². The number of rotatable bonds is 3. The van der Waals surface area contributed by atoms with Crippen LogP contribution in [0.1, 0.15) is 105 Å². The molecule has 0 fully saturated rings. The molecule has 382 valence electrons. The van der Waals surface area contributed by atoms with E-state index in [0.29, 0.717) is 0 Å². The zero-order valence-electron chi connectivity index (χ0n) is 47.3. The molecule has 78 heavy (non-hydrogen) atoms. The fourth-order valence-corrected chi connectivity index (χ4v) is 14.1. The van der Waals surface area contributed by atoms with Crippen LogP contribution in [0.2, 0.25) is 0 Å². The number of hydrogen-bond donors (Lipinski definition) is 0. The minimum absolute atomic E-state index is 0.0909. The van der Waals surface area contributed by atoms with E-state index in [9.17, 15) is 0 Å². The minimum Gasteiger partial charge on any atom is -0.311 e. The third-order valence-corrected chi connectivity index (χ3v) is 18.5. The summed E-state index contributed by atoms with van der Waals surface area (Å²) in [6, 6.07) is 73.6. The summed E-state index contributed by atoms with van der Waals surface area (Å²) in [4.78, 5) is 5.38. The fraction of sp³-hybridized carbons (Fsp3) is 0.216. The maximum absolute atomic E-state index is 2.69. The molecule has 0 amide bonds. The lowest BCUT2D eigenvalue weighted by molar-refractivity contribution is 0.568. The Bertz CT molecular complexity index is 4220. The second-order valence-corrected chi connectivity index (χ2v) is 27.8. The van der Waals surface area contributed by atoms with Gasteiger partial charge in [0.05, 0.1) is 0 Å². The molecule has 0 atom stereocenters. The smallest absolute Gasteiger partial charge is 0.252 e. The molecule has 14 rings (SSSR count). The van der Waals surface area contributed by atoms with Gasteiger partial charge in [0.2, 0.25) is 0 Å². The first-order chi connectivity index (χ1) is 37.2. The SMILES string of the molecule is CC(C)(C)c1cc(N2c3cc4c(ccc5ccccc54)cc3B3c4cc5ccc6ccccc6c5cc4N(c4cc(C(C)(C)C)cc(C(C)(C)C)c4)c4cc(-c5cccc6sc7ccccc7c56)cc2c43)cc(C(C)(C)C)c1. The maximum atomic E-state index is 2.69. The summed E-state index contributed by atoms with van der Waals surface area (Å²) in [5, 5.41) is 12.7. The summed E-state index contributed by atoms with van der Waals surface area (Å²) in [6.45, 7) is 28.3. The van der Waals surface area contributed by atoms with Gasteiger partial charge >= 0.3 is 0 Å². The van der Waals surface area contributed by atoms with E-state index in [1.165, 1.54) is 147 Å². The topological polar surface area (TPSA) is 6.48 Å². The van der Waals surface area contributed by atoms with E-state index < -0.39 is 0 Å². The molecule has 12 aromatic rings. The summed E-state index contributed by atoms with van der Waals surface area (Å²) in [6.07, 6.45) is 0. The van der Waals surface area contributed by atoms with Gasteiger partial charge in [0.1, 0.15) is 0 Å². The molecule has 0 saturated heterocycles. The van der Waals surface area contributed by atoms with Crippen molar-refractivity contribution in [3.8, 4) is 11.1 Å². The summed E-state index contributed by atoms with van der Waals surface area (Å²) in [5.41, 5.74) is 18.7. The predicted octanol–water partition coefficient (Wildman–Crippen LogP) is 19.6. The van der Waals surface area contributed by atoms with E-state index in [0.717, 1.165) is 0 Å². The van der Waals surface area contributed by atoms with Crippen LogP contribution in [0.15, 0.2) is 188 Å². The van der Waals surface area contributed by atoms with Gasteiger partial charge < -0.3 is 9.80 Å². The second-order valence-electron chi connectivity index (χ2n) is 26.7. The van der Waals surface area contributed by atoms with Crippen molar-refractivity contribution in [2.24, 2.45) is 0 Å². The molecule has 2 aliphatic heterocycles. The van der Waals surface area contributed by atoms with Crippen LogP contribution in [0.4, 0.5) is 34.1 Å². The number of nitrogens with zero attached hydrogens (tertiary/aromatic N) is 2. The number of hydrogen-bond acceptors (Lipinski definition) is 3. The van der Waals surface area contributed by atoms with Crippen LogP contribution in [-0.2, 0) is 21.7 Å². The summed E-state index contributed by atoms with van der Waals surface area (Å²) in [5.74, 6) is 0. The number of thiophene rings is 1. The highest BCUT2D eigenvalue weighted by Crippen LogP contribution is 2.51. The Balaban J connectivity index is 1.20. The highest BCUT2D eigenvalue weighted by Gasteiger charge is 2.45. The van der Waals surface area contributed by atoms with Crippen molar-refractivity contribution in [3.63, 3.8) is 0 Å². The molecule has 0 aliphatic carbocycles. The van der Waals surface area contributed by atoms with E-state index in [-0.39, 0.29) is 28.4 Å². The van der Waals surface area contributed by atoms with Crippen LogP contribution in [0.5, 0.6) is 0 Å². The zero-order chi connectivity index (χ0) is 53.9. The standard InChI is InChI=1S/C74H67BN2S/c1-71(2,3)49-36-50(72(4,5)6)39-53(38-49)76-63-42-59-46(30-28-44-20-13-15-22-55(44)59)32-61(63)75-62-33-47-31-29-45-21-14-16-23-56(45)60(47)43-64(62)77(54-40-51(73(7,8)9)37-52(41-54)74(10,11)12)66-35-48(34-65(76)70(66)75)57-25-19-27-68-69(57)58-24-17-18-26-67(58)78-68/h13-43H,1-12H3. The van der Waals surface area contributed by atoms with Crippen LogP contribution >= 0.6 is 11.3 Å². The lowest BCUT2D eigenvalue weighted by atomic mass is 9.33. The molecule has 0 radical (unpaired) electrons. The molecule has 0 bridgehead atoms. The van der Waals surface area contributed by atoms with Crippen LogP contribution < -0.4 is 26.2 Å². The second kappa shape index (κ2) is 16.9. The van der Waals surface area contributed by atoms with Crippen molar-refractivity contribution in [2.45, 2.75) is 105 Å². The molecule has 11 aromatic carbocycles. The van der Waals surface area contributed by atoms with Gasteiger partial charge in [-0.3, -0.25) is 0 Å². The van der Waals surface area contributed by atoms with Crippen molar-refractivity contribution < 1.29 is 0 Å². The number of benzene rings is 11. The van der Waals surface area contributed by atoms with Crippen LogP contribution in [-0.4, -0.2) is 6.71 Å². The zero-order valence-corrected chi connectivity index (χ0v) is 48.1. The van der Waals surface area contributed by atoms with Gasteiger partial charge in [-0.1, -0.05) is 210 Å². The van der Waals surface area contributed by atoms with E-state index in [1.54, 1.807) is 0 Å². The van der Waals surface area contributed by atoms with Gasteiger partial charge in [-0.05, 0) is 175 Å². The number of fused-ring (bicyclic) bond motifs is 13. The third kappa shape index (κ3) is 7.65. The molecule has 0 N–H and O–H groups in total. The van der Waals surface area contributed by atoms with Crippen molar-refractivity contribution in [1.82, 2.24) is 0 Å². The van der Waals surface area contributed by atoms with Gasteiger partial charge in [0, 0.05) is 54.3 Å². The first-order valence-electron chi connectivity index (χ1n) is 28.1. The molecule has 4 heteroatoms. The van der Waals surface area contributed by atoms with Crippen molar-refractivity contribution >= 4 is 132 Å². The van der Waals surface area contributed by atoms with E-state index in [1.807, 2.05) is 11.3 Å². The van der Waals surface area contributed by atoms with Crippen molar-refractivity contribution in [2.75, 3.05) is 9.80 Å². The largest absolute Gasteiger partial charge is 0.311 e. The Morgan fingerprint density at radius 2 is 0.744 bits per heavy atom. The fourth-order valence-electron chi connectivity index (χ4n) is 12.9. The first-order valence-corrected chi connectivity index (χ1v) is 28.9. The lowest BCUT2D eigenvalue weighted by Gasteiger charge is -2.45. The third-order valence-electron chi connectivity index (χ3n) is 17.3. The molecule has 2 nitrogen and oxygen atoms in total. The maximum Gasteiger partial charge on any atom is 0.252 e. The summed E-state index contributed by atoms with van der Waals surface area (Å²) >= 11 is 1.90. The molecular weight excluding hydrogens is 960 g/mol. The molecule has 1 aromatic heterocycles. The average Bonchev–Trinajstić information content (AvgIpc) is 3.05. The number of anilines is 6. The van der Waals surface area contributed by atoms with Gasteiger partial charge in [-0.15, -0.1) is 11.3 Å². The van der Waals surface area contributed by atoms with Gasteiger partial charge in [-0.2, -0.15) is 0 Å². The van der Waals surface area contributed by atoms with Crippen LogP contribution in [0.3, 0.4) is 0 Å². The lowest BCUT2D eigenvalue weighted by Crippen LogP contribution is -2.61. The van der Waals surface area contributed by atoms with Gasteiger partial charge in [0.15, 0.2) is 0 Å². The van der Waals surface area contributed by atoms with E-state index in [2.05, 4.69) is 281 Å². The Labute approximate surface area is 465 Å². The molecule has 0 spiro atoms. The van der Waals surface area contributed by atoms with Crippen molar-refractivity contribution in [1.29, 1.82) is 0 Å². The highest BCUT2D eigenvalue weighted by molar-refractivity contribution is 7.26. The Morgan fingerprint density at radius 1 is 0.333 bits per heavy atom. The Hall–Kier alpha value is -7.66. The molecule has 0 unspecified atom stereocenters. The molecule has 2 aliphatic rings. The molecule has 3 heterocycles. The first kappa shape index (κ1) is 48.7. The van der Waals surface area contributed by atoms with Crippen molar-refractivity contribution in [3.05, 3.63) is 210 Å². The predicted molar refractivity (Wildman–Crippen MR) is 344 cm³/mol. The summed E-state index contributed by atoms with van der Waals surface area (Å²) < 4.78 is 2.62. The van der Waals surface area contributed by atoms with E-state index >= 15 is 0 Å². The van der Waals surface area contributed by atoms with Crippen LogP contribution in [0, 0.1) is 0 Å².